The summed E-state index contributed by atoms with van der Waals surface area (Å²) in [4.78, 5) is 11.2. The van der Waals surface area contributed by atoms with Gasteiger partial charge in [0.2, 0.25) is 0 Å². The van der Waals surface area contributed by atoms with Gasteiger partial charge < -0.3 is 10.4 Å². The van der Waals surface area contributed by atoms with Crippen LogP contribution in [-0.2, 0) is 0 Å². The van der Waals surface area contributed by atoms with Crippen molar-refractivity contribution < 1.29 is 9.90 Å². The van der Waals surface area contributed by atoms with Crippen molar-refractivity contribution in [3.8, 4) is 11.3 Å². The normalized spacial score (nSPS) is 10.8. The number of rotatable bonds is 4. The fraction of sp³-hybridized carbons (Fsp3) is 0. The first kappa shape index (κ1) is 16.2. The molecule has 0 bridgehead atoms. The van der Waals surface area contributed by atoms with Crippen molar-refractivity contribution >= 4 is 39.8 Å². The molecule has 0 aliphatic rings. The molecule has 1 aromatic heterocycles. The van der Waals surface area contributed by atoms with Crippen molar-refractivity contribution in [3.05, 3.63) is 77.3 Å². The Hall–Kier alpha value is -3.31. The SMILES string of the molecule is O=C(O)c1cccc(-c2n[nH]c3cc(Nc4ccccc4Cl)ccc23)c1. The van der Waals surface area contributed by atoms with Gasteiger partial charge in [-0.1, -0.05) is 35.9 Å². The van der Waals surface area contributed by atoms with E-state index in [1.54, 1.807) is 18.2 Å². The van der Waals surface area contributed by atoms with Crippen LogP contribution in [0, 0.1) is 0 Å². The molecule has 4 rings (SSSR count). The summed E-state index contributed by atoms with van der Waals surface area (Å²) >= 11 is 6.19. The summed E-state index contributed by atoms with van der Waals surface area (Å²) in [5.74, 6) is -0.960. The average molecular weight is 364 g/mol. The van der Waals surface area contributed by atoms with Crippen LogP contribution in [-0.4, -0.2) is 21.3 Å². The van der Waals surface area contributed by atoms with Crippen molar-refractivity contribution in [2.45, 2.75) is 0 Å². The second kappa shape index (κ2) is 6.54. The molecule has 0 spiro atoms. The Balaban J connectivity index is 1.71. The number of carbonyl (C=O) groups is 1. The van der Waals surface area contributed by atoms with Gasteiger partial charge in [-0.15, -0.1) is 0 Å². The minimum atomic E-state index is -0.960. The summed E-state index contributed by atoms with van der Waals surface area (Å²) in [6, 6.07) is 20.1. The summed E-state index contributed by atoms with van der Waals surface area (Å²) < 4.78 is 0. The number of hydrogen-bond acceptors (Lipinski definition) is 3. The van der Waals surface area contributed by atoms with Gasteiger partial charge in [-0.3, -0.25) is 5.10 Å². The lowest BCUT2D eigenvalue weighted by molar-refractivity contribution is 0.0697. The largest absolute Gasteiger partial charge is 0.478 e. The molecule has 0 radical (unpaired) electrons. The van der Waals surface area contributed by atoms with Crippen LogP contribution in [0.15, 0.2) is 66.7 Å². The average Bonchev–Trinajstić information content (AvgIpc) is 3.07. The number of H-pyrrole nitrogens is 1. The van der Waals surface area contributed by atoms with Gasteiger partial charge in [0.25, 0.3) is 0 Å². The van der Waals surface area contributed by atoms with Crippen molar-refractivity contribution in [2.24, 2.45) is 0 Å². The third-order valence-corrected chi connectivity index (χ3v) is 4.43. The van der Waals surface area contributed by atoms with Crippen molar-refractivity contribution in [3.63, 3.8) is 0 Å². The van der Waals surface area contributed by atoms with Gasteiger partial charge in [0.15, 0.2) is 0 Å². The number of fused-ring (bicyclic) bond motifs is 1. The molecule has 6 heteroatoms. The molecule has 0 aliphatic carbocycles. The molecule has 0 unspecified atom stereocenters. The monoisotopic (exact) mass is 363 g/mol. The van der Waals surface area contributed by atoms with Gasteiger partial charge in [-0.05, 0) is 42.5 Å². The molecular weight excluding hydrogens is 350 g/mol. The summed E-state index contributed by atoms with van der Waals surface area (Å²) in [5, 5.41) is 21.4. The number of halogens is 1. The molecule has 128 valence electrons. The Kier molecular flexibility index (Phi) is 4.07. The van der Waals surface area contributed by atoms with Gasteiger partial charge in [-0.2, -0.15) is 5.10 Å². The predicted molar refractivity (Wildman–Crippen MR) is 103 cm³/mol. The van der Waals surface area contributed by atoms with Crippen LogP contribution in [0.2, 0.25) is 5.02 Å². The lowest BCUT2D eigenvalue weighted by atomic mass is 10.0. The second-order valence-electron chi connectivity index (χ2n) is 5.82. The van der Waals surface area contributed by atoms with Gasteiger partial charge in [0, 0.05) is 16.6 Å². The maximum atomic E-state index is 11.2. The van der Waals surface area contributed by atoms with E-state index in [4.69, 9.17) is 11.6 Å². The molecule has 5 nitrogen and oxygen atoms in total. The molecule has 3 N–H and O–H groups in total. The third-order valence-electron chi connectivity index (χ3n) is 4.10. The van der Waals surface area contributed by atoms with Crippen LogP contribution in [0.4, 0.5) is 11.4 Å². The number of anilines is 2. The van der Waals surface area contributed by atoms with Crippen molar-refractivity contribution in [2.75, 3.05) is 5.32 Å². The predicted octanol–water partition coefficient (Wildman–Crippen LogP) is 5.33. The molecule has 0 amide bonds. The lowest BCUT2D eigenvalue weighted by Crippen LogP contribution is -1.95. The first-order valence-electron chi connectivity index (χ1n) is 7.95. The maximum absolute atomic E-state index is 11.2. The number of nitrogens with one attached hydrogen (secondary N) is 2. The number of hydrogen-bond donors (Lipinski definition) is 3. The molecule has 0 aliphatic heterocycles. The van der Waals surface area contributed by atoms with Gasteiger partial charge in [-0.25, -0.2) is 4.79 Å². The molecule has 4 aromatic rings. The number of benzene rings is 3. The number of carboxylic acid groups (broad SMARTS) is 1. The molecule has 0 saturated heterocycles. The Morgan fingerprint density at radius 1 is 1.04 bits per heavy atom. The quantitative estimate of drug-likeness (QED) is 0.458. The number of nitrogens with zero attached hydrogens (tertiary/aromatic N) is 1. The minimum absolute atomic E-state index is 0.232. The van der Waals surface area contributed by atoms with E-state index in [2.05, 4.69) is 15.5 Å². The maximum Gasteiger partial charge on any atom is 0.335 e. The fourth-order valence-electron chi connectivity index (χ4n) is 2.84. The van der Waals surface area contributed by atoms with Crippen LogP contribution in [0.5, 0.6) is 0 Å². The smallest absolute Gasteiger partial charge is 0.335 e. The highest BCUT2D eigenvalue weighted by atomic mass is 35.5. The van der Waals surface area contributed by atoms with Crippen LogP contribution in [0.1, 0.15) is 10.4 Å². The number of aromatic amines is 1. The van der Waals surface area contributed by atoms with E-state index in [9.17, 15) is 9.90 Å². The topological polar surface area (TPSA) is 78.0 Å². The first-order chi connectivity index (χ1) is 12.6. The van der Waals surface area contributed by atoms with Crippen LogP contribution in [0.3, 0.4) is 0 Å². The van der Waals surface area contributed by atoms with Crippen LogP contribution < -0.4 is 5.32 Å². The Bertz CT molecular complexity index is 1120. The molecule has 3 aromatic carbocycles. The Morgan fingerprint density at radius 2 is 1.88 bits per heavy atom. The zero-order chi connectivity index (χ0) is 18.1. The highest BCUT2D eigenvalue weighted by Crippen LogP contribution is 2.31. The van der Waals surface area contributed by atoms with E-state index in [0.717, 1.165) is 27.8 Å². The lowest BCUT2D eigenvalue weighted by Gasteiger charge is -2.08. The molecule has 0 saturated carbocycles. The molecular formula is C20H14ClN3O2. The van der Waals surface area contributed by atoms with E-state index in [1.807, 2.05) is 48.5 Å². The number of carboxylic acids is 1. The number of para-hydroxylation sites is 1. The highest BCUT2D eigenvalue weighted by molar-refractivity contribution is 6.33. The number of aromatic nitrogens is 2. The van der Waals surface area contributed by atoms with Crippen LogP contribution >= 0.6 is 11.6 Å². The Morgan fingerprint density at radius 3 is 2.69 bits per heavy atom. The minimum Gasteiger partial charge on any atom is -0.478 e. The molecule has 1 heterocycles. The highest BCUT2D eigenvalue weighted by Gasteiger charge is 2.11. The second-order valence-corrected chi connectivity index (χ2v) is 6.23. The fourth-order valence-corrected chi connectivity index (χ4v) is 3.02. The summed E-state index contributed by atoms with van der Waals surface area (Å²) in [5.41, 5.74) is 4.24. The van der Waals surface area contributed by atoms with Gasteiger partial charge in [0.05, 0.1) is 27.5 Å². The molecule has 0 fully saturated rings. The van der Waals surface area contributed by atoms with Crippen LogP contribution in [0.25, 0.3) is 22.2 Å². The Labute approximate surface area is 154 Å². The van der Waals surface area contributed by atoms with E-state index in [1.165, 1.54) is 0 Å². The summed E-state index contributed by atoms with van der Waals surface area (Å²) in [6.07, 6.45) is 0. The zero-order valence-electron chi connectivity index (χ0n) is 13.5. The zero-order valence-corrected chi connectivity index (χ0v) is 14.3. The van der Waals surface area contributed by atoms with Crippen molar-refractivity contribution in [1.29, 1.82) is 0 Å². The van der Waals surface area contributed by atoms with Gasteiger partial charge >= 0.3 is 5.97 Å². The van der Waals surface area contributed by atoms with Crippen molar-refractivity contribution in [1.82, 2.24) is 10.2 Å². The van der Waals surface area contributed by atoms with Gasteiger partial charge in [0.1, 0.15) is 0 Å². The number of aromatic carboxylic acids is 1. The van der Waals surface area contributed by atoms with E-state index < -0.39 is 5.97 Å². The van der Waals surface area contributed by atoms with E-state index in [0.29, 0.717) is 10.7 Å². The third kappa shape index (κ3) is 3.00. The molecule has 26 heavy (non-hydrogen) atoms. The standard InChI is InChI=1S/C20H14ClN3O2/c21-16-6-1-2-7-17(16)22-14-8-9-15-18(11-14)23-24-19(15)12-4-3-5-13(10-12)20(25)26/h1-11,22H,(H,23,24)(H,25,26). The van der Waals surface area contributed by atoms with E-state index in [-0.39, 0.29) is 5.56 Å². The molecule has 0 atom stereocenters. The first-order valence-corrected chi connectivity index (χ1v) is 8.33. The summed E-state index contributed by atoms with van der Waals surface area (Å²) in [7, 11) is 0. The summed E-state index contributed by atoms with van der Waals surface area (Å²) in [6.45, 7) is 0. The van der Waals surface area contributed by atoms with E-state index >= 15 is 0 Å².